The molecule has 0 bridgehead atoms. The second kappa shape index (κ2) is 9.93. The molecule has 0 aliphatic heterocycles. The summed E-state index contributed by atoms with van der Waals surface area (Å²) in [5.41, 5.74) is 1.99. The molecule has 1 aromatic heterocycles. The van der Waals surface area contributed by atoms with Crippen molar-refractivity contribution >= 4 is 17.3 Å². The SMILES string of the molecule is CCOc1ccc(C(=O)OCc2csc(-c3ccccc3OC)n2)cc1OCC. The van der Waals surface area contributed by atoms with Crippen LogP contribution in [0, 0.1) is 0 Å². The van der Waals surface area contributed by atoms with Crippen molar-refractivity contribution in [2.24, 2.45) is 0 Å². The van der Waals surface area contributed by atoms with Crippen molar-refractivity contribution < 1.29 is 23.7 Å². The zero-order chi connectivity index (χ0) is 20.6. The Balaban J connectivity index is 1.68. The number of ether oxygens (including phenoxy) is 4. The lowest BCUT2D eigenvalue weighted by molar-refractivity contribution is 0.0468. The molecule has 0 N–H and O–H groups in total. The Labute approximate surface area is 174 Å². The molecule has 0 atom stereocenters. The summed E-state index contributed by atoms with van der Waals surface area (Å²) >= 11 is 1.48. The van der Waals surface area contributed by atoms with Gasteiger partial charge in [0.2, 0.25) is 0 Å². The van der Waals surface area contributed by atoms with Crippen LogP contribution in [-0.2, 0) is 11.3 Å². The molecule has 152 valence electrons. The van der Waals surface area contributed by atoms with E-state index in [9.17, 15) is 4.79 Å². The Hall–Kier alpha value is -3.06. The molecule has 2 aromatic carbocycles. The van der Waals surface area contributed by atoms with Gasteiger partial charge in [0.05, 0.1) is 37.1 Å². The van der Waals surface area contributed by atoms with Gasteiger partial charge in [0, 0.05) is 5.38 Å². The van der Waals surface area contributed by atoms with Gasteiger partial charge in [0.25, 0.3) is 0 Å². The predicted octanol–water partition coefficient (Wildman–Crippen LogP) is 4.97. The summed E-state index contributed by atoms with van der Waals surface area (Å²) in [5, 5.41) is 2.69. The highest BCUT2D eigenvalue weighted by molar-refractivity contribution is 7.13. The van der Waals surface area contributed by atoms with Crippen LogP contribution in [0.5, 0.6) is 17.2 Å². The van der Waals surface area contributed by atoms with Crippen molar-refractivity contribution in [2.45, 2.75) is 20.5 Å². The van der Waals surface area contributed by atoms with Crippen LogP contribution in [0.25, 0.3) is 10.6 Å². The lowest BCUT2D eigenvalue weighted by Crippen LogP contribution is -2.07. The number of para-hydroxylation sites is 1. The first-order valence-corrected chi connectivity index (χ1v) is 10.2. The molecule has 7 heteroatoms. The molecule has 0 unspecified atom stereocenters. The second-order valence-electron chi connectivity index (χ2n) is 5.95. The number of carbonyl (C=O) groups excluding carboxylic acids is 1. The summed E-state index contributed by atoms with van der Waals surface area (Å²) in [6.45, 7) is 4.85. The lowest BCUT2D eigenvalue weighted by atomic mass is 10.2. The summed E-state index contributed by atoms with van der Waals surface area (Å²) in [6.07, 6.45) is 0. The van der Waals surface area contributed by atoms with Crippen molar-refractivity contribution in [1.29, 1.82) is 0 Å². The van der Waals surface area contributed by atoms with Gasteiger partial charge in [0.15, 0.2) is 11.5 Å². The van der Waals surface area contributed by atoms with E-state index in [2.05, 4.69) is 4.98 Å². The van der Waals surface area contributed by atoms with Gasteiger partial charge in [-0.15, -0.1) is 11.3 Å². The minimum absolute atomic E-state index is 0.0850. The van der Waals surface area contributed by atoms with Crippen LogP contribution in [0.4, 0.5) is 0 Å². The Morgan fingerprint density at radius 2 is 1.76 bits per heavy atom. The van der Waals surface area contributed by atoms with E-state index in [-0.39, 0.29) is 6.61 Å². The third-order valence-corrected chi connectivity index (χ3v) is 4.94. The van der Waals surface area contributed by atoms with Gasteiger partial charge in [0.1, 0.15) is 17.4 Å². The van der Waals surface area contributed by atoms with Crippen molar-refractivity contribution in [1.82, 2.24) is 4.98 Å². The smallest absolute Gasteiger partial charge is 0.338 e. The fourth-order valence-electron chi connectivity index (χ4n) is 2.72. The van der Waals surface area contributed by atoms with Crippen molar-refractivity contribution in [3.63, 3.8) is 0 Å². The minimum Gasteiger partial charge on any atom is -0.496 e. The van der Waals surface area contributed by atoms with Crippen LogP contribution in [0.1, 0.15) is 29.9 Å². The number of nitrogens with zero attached hydrogens (tertiary/aromatic N) is 1. The number of thiazole rings is 1. The van der Waals surface area contributed by atoms with Crippen LogP contribution in [0.15, 0.2) is 47.8 Å². The van der Waals surface area contributed by atoms with E-state index in [0.29, 0.717) is 36.0 Å². The number of aromatic nitrogens is 1. The molecule has 0 spiro atoms. The standard InChI is InChI=1S/C22H23NO5S/c1-4-26-19-11-10-15(12-20(19)27-5-2)22(24)28-13-16-14-29-21(23-16)17-8-6-7-9-18(17)25-3/h6-12,14H,4-5,13H2,1-3H3. The molecule has 0 radical (unpaired) electrons. The number of carbonyl (C=O) groups is 1. The largest absolute Gasteiger partial charge is 0.496 e. The Morgan fingerprint density at radius 3 is 2.52 bits per heavy atom. The number of rotatable bonds is 9. The normalized spacial score (nSPS) is 10.4. The molecule has 0 saturated carbocycles. The topological polar surface area (TPSA) is 66.9 Å². The van der Waals surface area contributed by atoms with Gasteiger partial charge in [-0.2, -0.15) is 0 Å². The molecule has 0 saturated heterocycles. The van der Waals surface area contributed by atoms with E-state index in [1.165, 1.54) is 11.3 Å². The Kier molecular flexibility index (Phi) is 7.08. The quantitative estimate of drug-likeness (QED) is 0.461. The highest BCUT2D eigenvalue weighted by Gasteiger charge is 2.15. The third kappa shape index (κ3) is 5.06. The fraction of sp³-hybridized carbons (Fsp3) is 0.273. The first-order chi connectivity index (χ1) is 14.2. The van der Waals surface area contributed by atoms with E-state index in [0.717, 1.165) is 16.3 Å². The average Bonchev–Trinajstić information content (AvgIpc) is 3.22. The Morgan fingerprint density at radius 1 is 1.00 bits per heavy atom. The molecular weight excluding hydrogens is 390 g/mol. The van der Waals surface area contributed by atoms with E-state index in [4.69, 9.17) is 18.9 Å². The molecule has 0 aliphatic carbocycles. The molecule has 0 fully saturated rings. The summed E-state index contributed by atoms with van der Waals surface area (Å²) < 4.78 is 21.9. The van der Waals surface area contributed by atoms with Crippen LogP contribution < -0.4 is 14.2 Å². The van der Waals surface area contributed by atoms with Crippen LogP contribution >= 0.6 is 11.3 Å². The monoisotopic (exact) mass is 413 g/mol. The Bertz CT molecular complexity index is 969. The number of hydrogen-bond donors (Lipinski definition) is 0. The summed E-state index contributed by atoms with van der Waals surface area (Å²) in [5.74, 6) is 1.44. The van der Waals surface area contributed by atoms with Gasteiger partial charge in [-0.05, 0) is 44.2 Å². The highest BCUT2D eigenvalue weighted by atomic mass is 32.1. The molecule has 1 heterocycles. The van der Waals surface area contributed by atoms with Crippen molar-refractivity contribution in [3.05, 3.63) is 59.1 Å². The van der Waals surface area contributed by atoms with E-state index < -0.39 is 5.97 Å². The van der Waals surface area contributed by atoms with Crippen LogP contribution in [0.2, 0.25) is 0 Å². The van der Waals surface area contributed by atoms with Crippen molar-refractivity contribution in [3.8, 4) is 27.8 Å². The van der Waals surface area contributed by atoms with Gasteiger partial charge in [-0.1, -0.05) is 12.1 Å². The lowest BCUT2D eigenvalue weighted by Gasteiger charge is -2.12. The molecule has 29 heavy (non-hydrogen) atoms. The maximum Gasteiger partial charge on any atom is 0.338 e. The van der Waals surface area contributed by atoms with Crippen LogP contribution in [0.3, 0.4) is 0 Å². The molecule has 3 rings (SSSR count). The average molecular weight is 413 g/mol. The molecule has 6 nitrogen and oxygen atoms in total. The fourth-order valence-corrected chi connectivity index (χ4v) is 3.55. The zero-order valence-electron chi connectivity index (χ0n) is 16.6. The van der Waals surface area contributed by atoms with Gasteiger partial charge >= 0.3 is 5.97 Å². The van der Waals surface area contributed by atoms with Crippen molar-refractivity contribution in [2.75, 3.05) is 20.3 Å². The molecular formula is C22H23NO5S. The second-order valence-corrected chi connectivity index (χ2v) is 6.81. The van der Waals surface area contributed by atoms with Gasteiger partial charge in [-0.3, -0.25) is 0 Å². The van der Waals surface area contributed by atoms with Crippen LogP contribution in [-0.4, -0.2) is 31.3 Å². The maximum atomic E-state index is 12.5. The van der Waals surface area contributed by atoms with E-state index in [1.807, 2.05) is 43.5 Å². The molecule has 0 amide bonds. The predicted molar refractivity (Wildman–Crippen MR) is 112 cm³/mol. The highest BCUT2D eigenvalue weighted by Crippen LogP contribution is 2.32. The maximum absolute atomic E-state index is 12.5. The van der Waals surface area contributed by atoms with E-state index in [1.54, 1.807) is 25.3 Å². The first kappa shape index (κ1) is 20.7. The van der Waals surface area contributed by atoms with Gasteiger partial charge < -0.3 is 18.9 Å². The molecule has 0 aliphatic rings. The van der Waals surface area contributed by atoms with Gasteiger partial charge in [-0.25, -0.2) is 9.78 Å². The summed E-state index contributed by atoms with van der Waals surface area (Å²) in [7, 11) is 1.63. The number of esters is 1. The zero-order valence-corrected chi connectivity index (χ0v) is 17.5. The third-order valence-electron chi connectivity index (χ3n) is 4.02. The van der Waals surface area contributed by atoms with E-state index >= 15 is 0 Å². The number of benzene rings is 2. The summed E-state index contributed by atoms with van der Waals surface area (Å²) in [6, 6.07) is 12.7. The number of methoxy groups -OCH3 is 1. The first-order valence-electron chi connectivity index (χ1n) is 9.30. The molecule has 3 aromatic rings. The number of hydrogen-bond acceptors (Lipinski definition) is 7. The minimum atomic E-state index is -0.444. The summed E-state index contributed by atoms with van der Waals surface area (Å²) in [4.78, 5) is 17.0.